The van der Waals surface area contributed by atoms with E-state index in [9.17, 15) is 13.2 Å². The first-order valence-corrected chi connectivity index (χ1v) is 5.92. The Labute approximate surface area is 94.0 Å². The van der Waals surface area contributed by atoms with Gasteiger partial charge in [0.15, 0.2) is 0 Å². The summed E-state index contributed by atoms with van der Waals surface area (Å²) in [4.78, 5) is 3.32. The van der Waals surface area contributed by atoms with Crippen molar-refractivity contribution >= 4 is 11.8 Å². The van der Waals surface area contributed by atoms with Crippen molar-refractivity contribution in [2.45, 2.75) is 18.6 Å². The highest BCUT2D eigenvalue weighted by atomic mass is 32.2. The summed E-state index contributed by atoms with van der Waals surface area (Å²) in [6.07, 6.45) is -4.19. The maximum atomic E-state index is 12.2. The topological polar surface area (TPSA) is 51.0 Å². The van der Waals surface area contributed by atoms with Crippen molar-refractivity contribution in [1.29, 1.82) is 0 Å². The summed E-state index contributed by atoms with van der Waals surface area (Å²) in [5.74, 6) is 0.705. The van der Waals surface area contributed by atoms with Gasteiger partial charge in [-0.15, -0.1) is 0 Å². The molecule has 1 aromatic rings. The van der Waals surface area contributed by atoms with Crippen LogP contribution in [0.1, 0.15) is 11.7 Å². The van der Waals surface area contributed by atoms with Crippen LogP contribution in [0.5, 0.6) is 0 Å². The molecule has 0 saturated carbocycles. The molecule has 1 aliphatic heterocycles. The first kappa shape index (κ1) is 11.7. The lowest BCUT2D eigenvalue weighted by Crippen LogP contribution is -2.38. The average Bonchev–Trinajstić information content (AvgIpc) is 2.67. The van der Waals surface area contributed by atoms with Crippen LogP contribution in [0, 0.1) is 0 Å². The fraction of sp³-hybridized carbons (Fsp3) is 0.750. The lowest BCUT2D eigenvalue weighted by atomic mass is 10.2. The third-order valence-corrected chi connectivity index (χ3v) is 3.27. The van der Waals surface area contributed by atoms with Crippen molar-refractivity contribution in [1.82, 2.24) is 15.5 Å². The smallest absolute Gasteiger partial charge is 0.339 e. The van der Waals surface area contributed by atoms with Gasteiger partial charge in [0.05, 0.1) is 0 Å². The van der Waals surface area contributed by atoms with E-state index in [1.165, 1.54) is 0 Å². The maximum absolute atomic E-state index is 12.2. The number of rotatable bonds is 2. The summed E-state index contributed by atoms with van der Waals surface area (Å²) >= 11 is 1.76. The standard InChI is InChI=1S/C8H10F3N3OS/c9-8(10,11)7-13-6(15-14-7)3-5-4-16-2-1-12-5/h5,12H,1-4H2. The molecule has 0 aromatic carbocycles. The molecule has 8 heteroatoms. The Morgan fingerprint density at radius 3 is 2.88 bits per heavy atom. The molecule has 1 fully saturated rings. The summed E-state index contributed by atoms with van der Waals surface area (Å²) in [7, 11) is 0. The Kier molecular flexibility index (Phi) is 3.38. The highest BCUT2D eigenvalue weighted by molar-refractivity contribution is 7.99. The van der Waals surface area contributed by atoms with Gasteiger partial charge in [0.25, 0.3) is 5.82 Å². The van der Waals surface area contributed by atoms with Crippen LogP contribution in [0.3, 0.4) is 0 Å². The molecule has 1 unspecified atom stereocenters. The molecule has 0 radical (unpaired) electrons. The second-order valence-corrected chi connectivity index (χ2v) is 4.59. The van der Waals surface area contributed by atoms with Gasteiger partial charge in [0, 0.05) is 30.5 Å². The molecule has 0 spiro atoms. The van der Waals surface area contributed by atoms with Crippen LogP contribution in [0.4, 0.5) is 13.2 Å². The van der Waals surface area contributed by atoms with E-state index in [1.807, 2.05) is 0 Å². The van der Waals surface area contributed by atoms with Crippen molar-refractivity contribution < 1.29 is 17.7 Å². The number of hydrogen-bond donors (Lipinski definition) is 1. The first-order chi connectivity index (χ1) is 7.55. The van der Waals surface area contributed by atoms with E-state index in [4.69, 9.17) is 0 Å². The Bertz CT molecular complexity index is 349. The number of alkyl halides is 3. The van der Waals surface area contributed by atoms with Gasteiger partial charge in [-0.3, -0.25) is 0 Å². The third kappa shape index (κ3) is 2.88. The van der Waals surface area contributed by atoms with Crippen LogP contribution >= 0.6 is 11.8 Å². The summed E-state index contributed by atoms with van der Waals surface area (Å²) in [6, 6.07) is 0.111. The zero-order valence-electron chi connectivity index (χ0n) is 8.25. The molecular weight excluding hydrogens is 243 g/mol. The number of nitrogens with one attached hydrogen (secondary N) is 1. The molecule has 0 amide bonds. The van der Waals surface area contributed by atoms with Crippen LogP contribution in [-0.4, -0.2) is 34.2 Å². The average molecular weight is 253 g/mol. The molecule has 16 heavy (non-hydrogen) atoms. The quantitative estimate of drug-likeness (QED) is 0.861. The molecule has 1 aromatic heterocycles. The first-order valence-electron chi connectivity index (χ1n) is 4.76. The van der Waals surface area contributed by atoms with Gasteiger partial charge < -0.3 is 9.84 Å². The monoisotopic (exact) mass is 253 g/mol. The molecule has 1 aliphatic rings. The molecular formula is C8H10F3N3OS. The van der Waals surface area contributed by atoms with E-state index in [2.05, 4.69) is 20.0 Å². The fourth-order valence-electron chi connectivity index (χ4n) is 1.41. The van der Waals surface area contributed by atoms with E-state index in [0.29, 0.717) is 6.42 Å². The number of nitrogens with zero attached hydrogens (tertiary/aromatic N) is 2. The number of thioether (sulfide) groups is 1. The van der Waals surface area contributed by atoms with Crippen LogP contribution in [0.25, 0.3) is 0 Å². The normalized spacial score (nSPS) is 22.3. The second kappa shape index (κ2) is 4.62. The van der Waals surface area contributed by atoms with Crippen molar-refractivity contribution in [3.8, 4) is 0 Å². The maximum Gasteiger partial charge on any atom is 0.455 e. The highest BCUT2D eigenvalue weighted by Crippen LogP contribution is 2.26. The van der Waals surface area contributed by atoms with E-state index < -0.39 is 12.0 Å². The minimum absolute atomic E-state index is 0.0346. The van der Waals surface area contributed by atoms with E-state index in [-0.39, 0.29) is 11.9 Å². The number of hydrogen-bond acceptors (Lipinski definition) is 5. The zero-order chi connectivity index (χ0) is 11.6. The molecule has 2 rings (SSSR count). The SMILES string of the molecule is FC(F)(F)c1noc(CC2CSCCN2)n1. The van der Waals surface area contributed by atoms with Crippen LogP contribution in [-0.2, 0) is 12.6 Å². The number of halogens is 3. The fourth-order valence-corrected chi connectivity index (χ4v) is 2.36. The van der Waals surface area contributed by atoms with Crippen LogP contribution < -0.4 is 5.32 Å². The predicted molar refractivity (Wildman–Crippen MR) is 52.1 cm³/mol. The highest BCUT2D eigenvalue weighted by Gasteiger charge is 2.37. The van der Waals surface area contributed by atoms with Crippen LogP contribution in [0.15, 0.2) is 4.52 Å². The third-order valence-electron chi connectivity index (χ3n) is 2.14. The molecule has 1 atom stereocenters. The summed E-state index contributed by atoms with van der Waals surface area (Å²) in [5, 5.41) is 6.09. The van der Waals surface area contributed by atoms with Gasteiger partial charge in [-0.05, 0) is 0 Å². The molecule has 4 nitrogen and oxygen atoms in total. The molecule has 1 N–H and O–H groups in total. The molecule has 2 heterocycles. The van der Waals surface area contributed by atoms with E-state index in [1.54, 1.807) is 11.8 Å². The summed E-state index contributed by atoms with van der Waals surface area (Å²) in [5.41, 5.74) is 0. The van der Waals surface area contributed by atoms with Gasteiger partial charge in [0.1, 0.15) is 0 Å². The van der Waals surface area contributed by atoms with Crippen LogP contribution in [0.2, 0.25) is 0 Å². The van der Waals surface area contributed by atoms with Gasteiger partial charge in [-0.1, -0.05) is 5.16 Å². The van der Waals surface area contributed by atoms with Crippen molar-refractivity contribution in [3.05, 3.63) is 11.7 Å². The van der Waals surface area contributed by atoms with Gasteiger partial charge >= 0.3 is 6.18 Å². The molecule has 90 valence electrons. The molecule has 1 saturated heterocycles. The lowest BCUT2D eigenvalue weighted by Gasteiger charge is -2.21. The number of aromatic nitrogens is 2. The zero-order valence-corrected chi connectivity index (χ0v) is 9.07. The Morgan fingerprint density at radius 2 is 2.31 bits per heavy atom. The molecule has 0 bridgehead atoms. The second-order valence-electron chi connectivity index (χ2n) is 3.44. The van der Waals surface area contributed by atoms with E-state index in [0.717, 1.165) is 18.1 Å². The minimum Gasteiger partial charge on any atom is -0.339 e. The molecule has 0 aliphatic carbocycles. The largest absolute Gasteiger partial charge is 0.455 e. The summed E-state index contributed by atoms with van der Waals surface area (Å²) in [6.45, 7) is 0.857. The Hall–Kier alpha value is -0.760. The van der Waals surface area contributed by atoms with Gasteiger partial charge in [-0.25, -0.2) is 0 Å². The minimum atomic E-state index is -4.53. The predicted octanol–water partition coefficient (Wildman–Crippen LogP) is 1.34. The van der Waals surface area contributed by atoms with Crippen molar-refractivity contribution in [2.75, 3.05) is 18.1 Å². The van der Waals surface area contributed by atoms with Crippen molar-refractivity contribution in [3.63, 3.8) is 0 Å². The van der Waals surface area contributed by atoms with Gasteiger partial charge in [0.2, 0.25) is 5.89 Å². The van der Waals surface area contributed by atoms with Crippen molar-refractivity contribution in [2.24, 2.45) is 0 Å². The van der Waals surface area contributed by atoms with E-state index >= 15 is 0 Å². The lowest BCUT2D eigenvalue weighted by molar-refractivity contribution is -0.146. The Balaban J connectivity index is 1.97. The summed E-state index contributed by atoms with van der Waals surface area (Å²) < 4.78 is 41.1. The Morgan fingerprint density at radius 1 is 1.50 bits per heavy atom. The van der Waals surface area contributed by atoms with Gasteiger partial charge in [-0.2, -0.15) is 29.9 Å².